The molecule has 0 saturated carbocycles. The number of hydrogen-bond donors (Lipinski definition) is 4. The number of aliphatic hydroxyl groups is 3. The third-order valence-corrected chi connectivity index (χ3v) is 6.76. The Morgan fingerprint density at radius 2 is 2.00 bits per heavy atom. The van der Waals surface area contributed by atoms with E-state index in [1.54, 1.807) is 13.2 Å². The molecule has 0 aliphatic carbocycles. The van der Waals surface area contributed by atoms with Gasteiger partial charge in [0.2, 0.25) is 5.91 Å². The number of nitrogens with zero attached hydrogens (tertiary/aromatic N) is 1. The molecule has 9 atom stereocenters. The molecule has 7 nitrogen and oxygen atoms in total. The number of carbonyl (C=O) groups is 1. The zero-order valence-corrected chi connectivity index (χ0v) is 18.0. The highest BCUT2D eigenvalue weighted by Gasteiger charge is 2.48. The van der Waals surface area contributed by atoms with Crippen molar-refractivity contribution in [3.8, 4) is 0 Å². The van der Waals surface area contributed by atoms with Gasteiger partial charge in [-0.3, -0.25) is 9.69 Å². The van der Waals surface area contributed by atoms with E-state index in [2.05, 4.69) is 12.2 Å². The first-order valence-electron chi connectivity index (χ1n) is 9.58. The number of amides is 1. The molecule has 2 saturated heterocycles. The molecular weight excluding hydrogens is 392 g/mol. The van der Waals surface area contributed by atoms with E-state index in [1.165, 1.54) is 11.8 Å². The van der Waals surface area contributed by atoms with Gasteiger partial charge >= 0.3 is 0 Å². The third-order valence-electron chi connectivity index (χ3n) is 5.63. The molecule has 0 aromatic rings. The lowest BCUT2D eigenvalue weighted by atomic mass is 9.92. The number of carbonyl (C=O) groups excluding carboxylic acids is 1. The molecule has 0 bridgehead atoms. The fourth-order valence-electron chi connectivity index (χ4n) is 4.11. The maximum atomic E-state index is 12.9. The predicted molar refractivity (Wildman–Crippen MR) is 107 cm³/mol. The molecule has 27 heavy (non-hydrogen) atoms. The standard InChI is InChI=1S/C18H33ClN2O5S/c1-5-6-10-7-11(21(3)8-10)17(25)20-12(9(2)19)16-14(23)13(22)15(24)18(26-16)27-4/h9-16,18,22-24H,5-8H2,1-4H3,(H,20,25)/t9-,10+,11+,12+,13-,14-,15+,16-,18+/m0/s1. The maximum absolute atomic E-state index is 12.9. The molecule has 0 unspecified atom stereocenters. The number of likely N-dealkylation sites (tertiary alicyclic amines) is 1. The number of aliphatic hydroxyl groups excluding tert-OH is 3. The number of alkyl halides is 1. The van der Waals surface area contributed by atoms with Crippen LogP contribution in [0.1, 0.15) is 33.1 Å². The molecule has 2 aliphatic heterocycles. The van der Waals surface area contributed by atoms with Gasteiger partial charge in [0.15, 0.2) is 0 Å². The van der Waals surface area contributed by atoms with Gasteiger partial charge < -0.3 is 25.4 Å². The van der Waals surface area contributed by atoms with Crippen LogP contribution in [0.15, 0.2) is 0 Å². The SMILES string of the molecule is CCC[C@@H]1C[C@H](C(=O)N[C@@H]([C@@H]2O[C@H](SC)[C@H](O)[C@@H](O)[C@@H]2O)[C@H](C)Cl)N(C)C1. The molecule has 0 spiro atoms. The highest BCUT2D eigenvalue weighted by atomic mass is 35.5. The minimum Gasteiger partial charge on any atom is -0.388 e. The fraction of sp³-hybridized carbons (Fsp3) is 0.944. The summed E-state index contributed by atoms with van der Waals surface area (Å²) in [5, 5.41) is 33.0. The van der Waals surface area contributed by atoms with Gasteiger partial charge in [-0.05, 0) is 39.0 Å². The minimum absolute atomic E-state index is 0.147. The van der Waals surface area contributed by atoms with Crippen molar-refractivity contribution < 1.29 is 24.9 Å². The Morgan fingerprint density at radius 3 is 2.56 bits per heavy atom. The lowest BCUT2D eigenvalue weighted by molar-refractivity contribution is -0.205. The summed E-state index contributed by atoms with van der Waals surface area (Å²) in [6.45, 7) is 4.74. The number of thioether (sulfide) groups is 1. The molecule has 2 aliphatic rings. The molecule has 2 fully saturated rings. The second kappa shape index (κ2) is 10.1. The van der Waals surface area contributed by atoms with Crippen LogP contribution in [-0.4, -0.2) is 93.3 Å². The second-order valence-corrected chi connectivity index (χ2v) is 9.36. The van der Waals surface area contributed by atoms with Gasteiger partial charge in [0.25, 0.3) is 0 Å². The van der Waals surface area contributed by atoms with Crippen LogP contribution in [0, 0.1) is 5.92 Å². The molecule has 2 heterocycles. The van der Waals surface area contributed by atoms with Gasteiger partial charge in [0, 0.05) is 6.54 Å². The third kappa shape index (κ3) is 5.29. The Balaban J connectivity index is 2.09. The van der Waals surface area contributed by atoms with Gasteiger partial charge in [-0.1, -0.05) is 13.3 Å². The van der Waals surface area contributed by atoms with Crippen molar-refractivity contribution in [2.24, 2.45) is 5.92 Å². The lowest BCUT2D eigenvalue weighted by Crippen LogP contribution is -2.65. The second-order valence-electron chi connectivity index (χ2n) is 7.73. The lowest BCUT2D eigenvalue weighted by Gasteiger charge is -2.44. The van der Waals surface area contributed by atoms with Gasteiger partial charge in [-0.15, -0.1) is 23.4 Å². The summed E-state index contributed by atoms with van der Waals surface area (Å²) in [6.07, 6.45) is -0.0980. The first-order valence-corrected chi connectivity index (χ1v) is 11.3. The number of likely N-dealkylation sites (N-methyl/N-ethyl adjacent to an activating group) is 1. The van der Waals surface area contributed by atoms with Crippen LogP contribution >= 0.6 is 23.4 Å². The van der Waals surface area contributed by atoms with Gasteiger partial charge in [-0.25, -0.2) is 0 Å². The van der Waals surface area contributed by atoms with Crippen LogP contribution < -0.4 is 5.32 Å². The van der Waals surface area contributed by atoms with E-state index >= 15 is 0 Å². The van der Waals surface area contributed by atoms with Crippen LogP contribution in [0.2, 0.25) is 0 Å². The first kappa shape index (κ1) is 23.2. The molecule has 0 aromatic heterocycles. The topological polar surface area (TPSA) is 102 Å². The van der Waals surface area contributed by atoms with Crippen LogP contribution in [-0.2, 0) is 9.53 Å². The van der Waals surface area contributed by atoms with Crippen molar-refractivity contribution in [2.75, 3.05) is 19.8 Å². The summed E-state index contributed by atoms with van der Waals surface area (Å²) in [5.41, 5.74) is -0.702. The molecule has 158 valence electrons. The van der Waals surface area contributed by atoms with Crippen LogP contribution in [0.3, 0.4) is 0 Å². The largest absolute Gasteiger partial charge is 0.388 e. The van der Waals surface area contributed by atoms with Gasteiger partial charge in [-0.2, -0.15) is 0 Å². The van der Waals surface area contributed by atoms with Crippen LogP contribution in [0.4, 0.5) is 0 Å². The highest BCUT2D eigenvalue weighted by molar-refractivity contribution is 7.99. The van der Waals surface area contributed by atoms with E-state index in [4.69, 9.17) is 16.3 Å². The summed E-state index contributed by atoms with van der Waals surface area (Å²) in [5.74, 6) is 0.350. The van der Waals surface area contributed by atoms with Crippen molar-refractivity contribution in [3.63, 3.8) is 0 Å². The van der Waals surface area contributed by atoms with E-state index in [-0.39, 0.29) is 11.9 Å². The van der Waals surface area contributed by atoms with Gasteiger partial charge in [0.05, 0.1) is 17.5 Å². The quantitative estimate of drug-likeness (QED) is 0.438. The normalized spacial score (nSPS) is 39.9. The molecule has 4 N–H and O–H groups in total. The molecule has 0 aromatic carbocycles. The smallest absolute Gasteiger partial charge is 0.237 e. The zero-order chi connectivity index (χ0) is 20.3. The van der Waals surface area contributed by atoms with Crippen molar-refractivity contribution in [1.29, 1.82) is 0 Å². The average molecular weight is 425 g/mol. The summed E-state index contributed by atoms with van der Waals surface area (Å²) in [7, 11) is 1.94. The van der Waals surface area contributed by atoms with E-state index in [9.17, 15) is 20.1 Å². The molecule has 2 rings (SSSR count). The summed E-state index contributed by atoms with van der Waals surface area (Å²) in [4.78, 5) is 14.9. The van der Waals surface area contributed by atoms with Crippen molar-refractivity contribution >= 4 is 29.3 Å². The molecule has 1 amide bonds. The highest BCUT2D eigenvalue weighted by Crippen LogP contribution is 2.31. The van der Waals surface area contributed by atoms with E-state index in [1.807, 2.05) is 11.9 Å². The van der Waals surface area contributed by atoms with Crippen molar-refractivity contribution in [3.05, 3.63) is 0 Å². The number of halogens is 1. The number of rotatable bonds is 7. The Hall–Kier alpha value is -0.0900. The molecule has 9 heteroatoms. The van der Waals surface area contributed by atoms with Crippen LogP contribution in [0.25, 0.3) is 0 Å². The monoisotopic (exact) mass is 424 g/mol. The summed E-state index contributed by atoms with van der Waals surface area (Å²) >= 11 is 7.55. The Morgan fingerprint density at radius 1 is 1.33 bits per heavy atom. The average Bonchev–Trinajstić information content (AvgIpc) is 2.99. The number of ether oxygens (including phenoxy) is 1. The predicted octanol–water partition coefficient (Wildman–Crippen LogP) is 0.390. The Kier molecular flexibility index (Phi) is 8.67. The Bertz CT molecular complexity index is 498. The summed E-state index contributed by atoms with van der Waals surface area (Å²) < 4.78 is 5.79. The molecule has 0 radical (unpaired) electrons. The summed E-state index contributed by atoms with van der Waals surface area (Å²) in [6, 6.07) is -0.934. The zero-order valence-electron chi connectivity index (χ0n) is 16.4. The van der Waals surface area contributed by atoms with Crippen LogP contribution in [0.5, 0.6) is 0 Å². The fourth-order valence-corrected chi connectivity index (χ4v) is 5.00. The maximum Gasteiger partial charge on any atom is 0.237 e. The van der Waals surface area contributed by atoms with E-state index in [0.29, 0.717) is 5.92 Å². The van der Waals surface area contributed by atoms with Crippen molar-refractivity contribution in [1.82, 2.24) is 10.2 Å². The van der Waals surface area contributed by atoms with E-state index in [0.717, 1.165) is 25.8 Å². The Labute approximate surface area is 170 Å². The molecular formula is C18H33ClN2O5S. The van der Waals surface area contributed by atoms with Gasteiger partial charge in [0.1, 0.15) is 29.9 Å². The minimum atomic E-state index is -1.36. The first-order chi connectivity index (χ1) is 12.7. The number of hydrogen-bond acceptors (Lipinski definition) is 7. The van der Waals surface area contributed by atoms with Crippen molar-refractivity contribution in [2.45, 2.75) is 80.4 Å². The number of nitrogens with one attached hydrogen (secondary N) is 1. The van der Waals surface area contributed by atoms with E-state index < -0.39 is 41.3 Å².